The zero-order valence-corrected chi connectivity index (χ0v) is 18.4. The number of nitrogens with zero attached hydrogens (tertiary/aromatic N) is 6. The first-order valence-corrected chi connectivity index (χ1v) is 11.3. The molecule has 33 heavy (non-hydrogen) atoms. The Morgan fingerprint density at radius 3 is 2.67 bits per heavy atom. The summed E-state index contributed by atoms with van der Waals surface area (Å²) in [4.78, 5) is 6.71. The highest BCUT2D eigenvalue weighted by atomic mass is 15.3. The van der Waals surface area contributed by atoms with E-state index in [1.807, 2.05) is 15.3 Å². The van der Waals surface area contributed by atoms with Crippen LogP contribution >= 0.6 is 0 Å². The quantitative estimate of drug-likeness (QED) is 0.439. The van der Waals surface area contributed by atoms with E-state index in [0.29, 0.717) is 5.82 Å². The van der Waals surface area contributed by atoms with Crippen LogP contribution in [-0.2, 0) is 13.1 Å². The van der Waals surface area contributed by atoms with Gasteiger partial charge in [-0.25, -0.2) is 9.50 Å². The molecule has 0 amide bonds. The fraction of sp³-hybridized carbons (Fsp3) is 0.240. The molecule has 5 aromatic rings. The SMILES string of the molecule is Nc1ncnn2c(CN3CCNCC3)cc(-c3ccc4cn(Cc5ccccc5)nc4c3)c12. The first kappa shape index (κ1) is 19.9. The first-order valence-electron chi connectivity index (χ1n) is 11.3. The third-order valence-electron chi connectivity index (χ3n) is 6.30. The van der Waals surface area contributed by atoms with Gasteiger partial charge < -0.3 is 11.1 Å². The van der Waals surface area contributed by atoms with Gasteiger partial charge in [-0.2, -0.15) is 10.2 Å². The molecule has 3 N–H and O–H groups in total. The van der Waals surface area contributed by atoms with Gasteiger partial charge in [0.15, 0.2) is 5.82 Å². The van der Waals surface area contributed by atoms with Crippen LogP contribution in [0.25, 0.3) is 27.5 Å². The molecule has 2 aromatic carbocycles. The maximum atomic E-state index is 6.33. The molecule has 0 atom stereocenters. The second kappa shape index (κ2) is 8.31. The molecule has 0 unspecified atom stereocenters. The average molecular weight is 439 g/mol. The van der Waals surface area contributed by atoms with E-state index >= 15 is 0 Å². The van der Waals surface area contributed by atoms with Gasteiger partial charge in [0.1, 0.15) is 11.8 Å². The predicted molar refractivity (Wildman–Crippen MR) is 130 cm³/mol. The summed E-state index contributed by atoms with van der Waals surface area (Å²) in [5.41, 5.74) is 12.6. The van der Waals surface area contributed by atoms with Crippen molar-refractivity contribution in [3.63, 3.8) is 0 Å². The number of aromatic nitrogens is 5. The van der Waals surface area contributed by atoms with E-state index < -0.39 is 0 Å². The van der Waals surface area contributed by atoms with E-state index in [1.165, 1.54) is 11.9 Å². The Bertz CT molecular complexity index is 1410. The minimum atomic E-state index is 0.487. The Labute approximate surface area is 191 Å². The van der Waals surface area contributed by atoms with Crippen LogP contribution in [-0.4, -0.2) is 55.5 Å². The lowest BCUT2D eigenvalue weighted by Gasteiger charge is -2.26. The summed E-state index contributed by atoms with van der Waals surface area (Å²) >= 11 is 0. The summed E-state index contributed by atoms with van der Waals surface area (Å²) in [6.07, 6.45) is 3.62. The molecule has 1 aliphatic heterocycles. The van der Waals surface area contributed by atoms with E-state index in [4.69, 9.17) is 10.8 Å². The lowest BCUT2D eigenvalue weighted by atomic mass is 10.1. The zero-order chi connectivity index (χ0) is 22.2. The molecule has 4 heterocycles. The third kappa shape index (κ3) is 3.83. The molecular formula is C25H26N8. The monoisotopic (exact) mass is 438 g/mol. The second-order valence-electron chi connectivity index (χ2n) is 8.57. The molecule has 8 nitrogen and oxygen atoms in total. The van der Waals surface area contributed by atoms with E-state index in [0.717, 1.165) is 72.5 Å². The Balaban J connectivity index is 1.38. The van der Waals surface area contributed by atoms with Crippen molar-refractivity contribution in [2.24, 2.45) is 0 Å². The summed E-state index contributed by atoms with van der Waals surface area (Å²) in [5, 5.41) is 13.9. The van der Waals surface area contributed by atoms with Crippen LogP contribution in [0.1, 0.15) is 11.3 Å². The lowest BCUT2D eigenvalue weighted by Crippen LogP contribution is -2.43. The molecule has 0 radical (unpaired) electrons. The van der Waals surface area contributed by atoms with Gasteiger partial charge in [0.05, 0.1) is 17.8 Å². The van der Waals surface area contributed by atoms with E-state index in [1.54, 1.807) is 0 Å². The molecule has 0 bridgehead atoms. The highest BCUT2D eigenvalue weighted by Gasteiger charge is 2.19. The summed E-state index contributed by atoms with van der Waals surface area (Å²) in [6.45, 7) is 5.63. The highest BCUT2D eigenvalue weighted by molar-refractivity contribution is 5.92. The number of benzene rings is 2. The largest absolute Gasteiger partial charge is 0.382 e. The van der Waals surface area contributed by atoms with E-state index in [2.05, 4.69) is 75.0 Å². The molecular weight excluding hydrogens is 412 g/mol. The van der Waals surface area contributed by atoms with Crippen LogP contribution in [0.4, 0.5) is 5.82 Å². The van der Waals surface area contributed by atoms with Gasteiger partial charge in [0.25, 0.3) is 0 Å². The van der Waals surface area contributed by atoms with Crippen molar-refractivity contribution in [3.05, 3.63) is 78.4 Å². The Morgan fingerprint density at radius 1 is 0.970 bits per heavy atom. The Kier molecular flexibility index (Phi) is 5.01. The van der Waals surface area contributed by atoms with Crippen LogP contribution < -0.4 is 11.1 Å². The topological polar surface area (TPSA) is 89.3 Å². The van der Waals surface area contributed by atoms with Gasteiger partial charge in [-0.3, -0.25) is 9.58 Å². The van der Waals surface area contributed by atoms with Gasteiger partial charge in [0, 0.05) is 49.9 Å². The number of nitrogens with one attached hydrogen (secondary N) is 1. The first-order chi connectivity index (χ1) is 16.2. The molecule has 1 saturated heterocycles. The van der Waals surface area contributed by atoms with Crippen LogP contribution in [0.3, 0.4) is 0 Å². The van der Waals surface area contributed by atoms with Crippen molar-refractivity contribution < 1.29 is 0 Å². The van der Waals surface area contributed by atoms with Crippen molar-refractivity contribution in [1.29, 1.82) is 0 Å². The molecule has 8 heteroatoms. The highest BCUT2D eigenvalue weighted by Crippen LogP contribution is 2.32. The summed E-state index contributed by atoms with van der Waals surface area (Å²) in [7, 11) is 0. The van der Waals surface area contributed by atoms with Gasteiger partial charge in [-0.15, -0.1) is 0 Å². The van der Waals surface area contributed by atoms with Crippen LogP contribution in [0.15, 0.2) is 67.1 Å². The molecule has 1 aliphatic rings. The molecule has 3 aromatic heterocycles. The maximum Gasteiger partial charge on any atom is 0.151 e. The maximum absolute atomic E-state index is 6.33. The van der Waals surface area contributed by atoms with Gasteiger partial charge in [-0.1, -0.05) is 42.5 Å². The molecule has 166 valence electrons. The number of anilines is 1. The van der Waals surface area contributed by atoms with Gasteiger partial charge in [-0.05, 0) is 23.3 Å². The number of piperazine rings is 1. The summed E-state index contributed by atoms with van der Waals surface area (Å²) in [6, 6.07) is 19.0. The number of hydrogen-bond acceptors (Lipinski definition) is 6. The fourth-order valence-electron chi connectivity index (χ4n) is 4.65. The smallest absolute Gasteiger partial charge is 0.151 e. The predicted octanol–water partition coefficient (Wildman–Crippen LogP) is 2.78. The number of hydrogen-bond donors (Lipinski definition) is 2. The Morgan fingerprint density at radius 2 is 1.82 bits per heavy atom. The molecule has 0 saturated carbocycles. The fourth-order valence-corrected chi connectivity index (χ4v) is 4.65. The number of nitrogens with two attached hydrogens (primary N) is 1. The van der Waals surface area contributed by atoms with E-state index in [-0.39, 0.29) is 0 Å². The van der Waals surface area contributed by atoms with E-state index in [9.17, 15) is 0 Å². The van der Waals surface area contributed by atoms with Crippen molar-refractivity contribution in [3.8, 4) is 11.1 Å². The molecule has 6 rings (SSSR count). The summed E-state index contributed by atoms with van der Waals surface area (Å²) in [5.74, 6) is 0.487. The molecule has 0 aliphatic carbocycles. The van der Waals surface area contributed by atoms with Crippen molar-refractivity contribution in [2.75, 3.05) is 31.9 Å². The van der Waals surface area contributed by atoms with Gasteiger partial charge in [0.2, 0.25) is 0 Å². The molecule has 0 spiro atoms. The zero-order valence-electron chi connectivity index (χ0n) is 18.4. The van der Waals surface area contributed by atoms with Crippen molar-refractivity contribution in [1.82, 2.24) is 34.6 Å². The van der Waals surface area contributed by atoms with Crippen LogP contribution in [0.5, 0.6) is 0 Å². The van der Waals surface area contributed by atoms with Crippen LogP contribution in [0, 0.1) is 0 Å². The van der Waals surface area contributed by atoms with Gasteiger partial charge >= 0.3 is 0 Å². The molecule has 1 fully saturated rings. The summed E-state index contributed by atoms with van der Waals surface area (Å²) < 4.78 is 3.94. The number of fused-ring (bicyclic) bond motifs is 2. The number of nitrogen functional groups attached to an aromatic ring is 1. The van der Waals surface area contributed by atoms with Crippen molar-refractivity contribution in [2.45, 2.75) is 13.1 Å². The lowest BCUT2D eigenvalue weighted by molar-refractivity contribution is 0.229. The second-order valence-corrected chi connectivity index (χ2v) is 8.57. The number of rotatable bonds is 5. The third-order valence-corrected chi connectivity index (χ3v) is 6.30. The minimum absolute atomic E-state index is 0.487. The Hall–Kier alpha value is -3.75. The normalized spacial score (nSPS) is 14.9. The average Bonchev–Trinajstić information content (AvgIpc) is 3.41. The van der Waals surface area contributed by atoms with Crippen LogP contribution in [0.2, 0.25) is 0 Å². The minimum Gasteiger partial charge on any atom is -0.382 e. The van der Waals surface area contributed by atoms with Crippen molar-refractivity contribution >= 4 is 22.2 Å². The standard InChI is InChI=1S/C25H26N8/c26-25-24-22(13-21(33(24)29-17-28-25)16-31-10-8-27-9-11-31)19-6-7-20-15-32(30-23(20)12-19)14-18-4-2-1-3-5-18/h1-7,12-13,15,17,27H,8-11,14,16H2,(H2,26,28,29).